The summed E-state index contributed by atoms with van der Waals surface area (Å²) in [6.45, 7) is 3.30. The highest BCUT2D eigenvalue weighted by atomic mass is 19.1. The van der Waals surface area contributed by atoms with E-state index in [1.54, 1.807) is 12.1 Å². The van der Waals surface area contributed by atoms with Crippen LogP contribution in [0.3, 0.4) is 0 Å². The summed E-state index contributed by atoms with van der Waals surface area (Å²) in [5.74, 6) is -1.54. The smallest absolute Gasteiger partial charge is 0.339 e. The second-order valence-electron chi connectivity index (χ2n) is 5.59. The van der Waals surface area contributed by atoms with E-state index in [0.717, 1.165) is 11.6 Å². The Morgan fingerprint density at radius 2 is 1.69 bits per heavy atom. The minimum Gasteiger partial charge on any atom is -0.495 e. The fourth-order valence-corrected chi connectivity index (χ4v) is 2.23. The Kier molecular flexibility index (Phi) is 6.16. The van der Waals surface area contributed by atoms with Crippen LogP contribution in [-0.4, -0.2) is 32.2 Å². The van der Waals surface area contributed by atoms with Gasteiger partial charge in [-0.1, -0.05) is 6.07 Å². The molecule has 0 bridgehead atoms. The van der Waals surface area contributed by atoms with Gasteiger partial charge in [0.25, 0.3) is 5.91 Å². The molecule has 2 aromatic rings. The van der Waals surface area contributed by atoms with Crippen LogP contribution in [0, 0.1) is 12.7 Å². The summed E-state index contributed by atoms with van der Waals surface area (Å²) in [6.07, 6.45) is -1.09. The van der Waals surface area contributed by atoms with Crippen LogP contribution >= 0.6 is 0 Å². The van der Waals surface area contributed by atoms with Crippen LogP contribution in [0.15, 0.2) is 36.4 Å². The molecule has 0 unspecified atom stereocenters. The third-order valence-electron chi connectivity index (χ3n) is 3.65. The van der Waals surface area contributed by atoms with E-state index < -0.39 is 23.8 Å². The molecule has 0 radical (unpaired) electrons. The largest absolute Gasteiger partial charge is 0.495 e. The number of halogens is 1. The Balaban J connectivity index is 2.06. The normalized spacial score (nSPS) is 11.4. The van der Waals surface area contributed by atoms with Crippen molar-refractivity contribution in [3.05, 3.63) is 53.3 Å². The van der Waals surface area contributed by atoms with Gasteiger partial charge in [-0.15, -0.1) is 0 Å². The van der Waals surface area contributed by atoms with Gasteiger partial charge >= 0.3 is 5.97 Å². The number of benzene rings is 2. The first-order chi connectivity index (χ1) is 12.3. The molecule has 0 aliphatic carbocycles. The molecule has 1 amide bonds. The first-order valence-corrected chi connectivity index (χ1v) is 7.85. The molecule has 7 heteroatoms. The Bertz CT molecular complexity index is 822. The van der Waals surface area contributed by atoms with E-state index in [1.165, 1.54) is 33.3 Å². The molecule has 1 atom stereocenters. The van der Waals surface area contributed by atoms with Crippen molar-refractivity contribution in [2.24, 2.45) is 0 Å². The number of anilines is 1. The zero-order valence-electron chi connectivity index (χ0n) is 15.0. The lowest BCUT2D eigenvalue weighted by Gasteiger charge is -2.16. The third-order valence-corrected chi connectivity index (χ3v) is 3.65. The summed E-state index contributed by atoms with van der Waals surface area (Å²) >= 11 is 0. The summed E-state index contributed by atoms with van der Waals surface area (Å²) < 4.78 is 28.8. The molecule has 1 N–H and O–H groups in total. The molecule has 0 saturated carbocycles. The summed E-state index contributed by atoms with van der Waals surface area (Å²) in [4.78, 5) is 24.4. The van der Waals surface area contributed by atoms with E-state index in [9.17, 15) is 14.0 Å². The van der Waals surface area contributed by atoms with Crippen molar-refractivity contribution >= 4 is 17.6 Å². The van der Waals surface area contributed by atoms with Crippen LogP contribution in [0.4, 0.5) is 10.1 Å². The van der Waals surface area contributed by atoms with Gasteiger partial charge in [0, 0.05) is 0 Å². The quantitative estimate of drug-likeness (QED) is 0.799. The number of carbonyl (C=O) groups is 2. The van der Waals surface area contributed by atoms with E-state index in [1.807, 2.05) is 13.0 Å². The van der Waals surface area contributed by atoms with E-state index in [2.05, 4.69) is 5.32 Å². The predicted octanol–water partition coefficient (Wildman–Crippen LogP) is 3.34. The molecule has 0 spiro atoms. The van der Waals surface area contributed by atoms with Crippen molar-refractivity contribution in [2.75, 3.05) is 19.5 Å². The van der Waals surface area contributed by atoms with Gasteiger partial charge in [0.05, 0.1) is 25.5 Å². The van der Waals surface area contributed by atoms with Crippen molar-refractivity contribution in [2.45, 2.75) is 20.0 Å². The highest BCUT2D eigenvalue weighted by Crippen LogP contribution is 2.25. The average Bonchev–Trinajstić information content (AvgIpc) is 2.61. The molecule has 138 valence electrons. The third kappa shape index (κ3) is 4.50. The fraction of sp³-hybridized carbons (Fsp3) is 0.263. The minimum absolute atomic E-state index is 0.0129. The summed E-state index contributed by atoms with van der Waals surface area (Å²) in [7, 11) is 2.81. The van der Waals surface area contributed by atoms with E-state index in [0.29, 0.717) is 11.4 Å². The lowest BCUT2D eigenvalue weighted by Crippen LogP contribution is -2.30. The lowest BCUT2D eigenvalue weighted by atomic mass is 10.2. The standard InChI is InChI=1S/C19H20FNO5/c1-11-5-7-17(25-4)15(9-11)21-18(22)12(2)26-19(23)13-6-8-16(24-3)14(20)10-13/h5-10,12H,1-4H3,(H,21,22)/t12-/m0/s1. The van der Waals surface area contributed by atoms with Gasteiger partial charge < -0.3 is 19.5 Å². The molecule has 2 aromatic carbocycles. The number of amides is 1. The fourth-order valence-electron chi connectivity index (χ4n) is 2.23. The summed E-state index contributed by atoms with van der Waals surface area (Å²) in [6, 6.07) is 8.98. The monoisotopic (exact) mass is 361 g/mol. The summed E-state index contributed by atoms with van der Waals surface area (Å²) in [5.41, 5.74) is 1.38. The van der Waals surface area contributed by atoms with Gasteiger partial charge in [-0.2, -0.15) is 0 Å². The van der Waals surface area contributed by atoms with E-state index in [4.69, 9.17) is 14.2 Å². The van der Waals surface area contributed by atoms with Crippen molar-refractivity contribution in [1.82, 2.24) is 0 Å². The molecule has 0 aliphatic heterocycles. The molecule has 0 fully saturated rings. The van der Waals surface area contributed by atoms with Crippen LogP contribution in [0.5, 0.6) is 11.5 Å². The molecule has 6 nitrogen and oxygen atoms in total. The molecular formula is C19H20FNO5. The van der Waals surface area contributed by atoms with Gasteiger partial charge in [-0.3, -0.25) is 4.79 Å². The molecule has 0 aromatic heterocycles. The number of ether oxygens (including phenoxy) is 3. The van der Waals surface area contributed by atoms with Crippen molar-refractivity contribution in [3.63, 3.8) is 0 Å². The van der Waals surface area contributed by atoms with Gasteiger partial charge in [-0.25, -0.2) is 9.18 Å². The Labute approximate surface area is 150 Å². The van der Waals surface area contributed by atoms with Crippen molar-refractivity contribution < 1.29 is 28.2 Å². The van der Waals surface area contributed by atoms with Crippen LogP contribution in [0.2, 0.25) is 0 Å². The number of hydrogen-bond donors (Lipinski definition) is 1. The molecular weight excluding hydrogens is 341 g/mol. The maximum Gasteiger partial charge on any atom is 0.339 e. The zero-order chi connectivity index (χ0) is 19.3. The number of esters is 1. The van der Waals surface area contributed by atoms with E-state index in [-0.39, 0.29) is 11.3 Å². The van der Waals surface area contributed by atoms with Crippen LogP contribution in [0.25, 0.3) is 0 Å². The maximum absolute atomic E-state index is 13.7. The minimum atomic E-state index is -1.09. The Morgan fingerprint density at radius 1 is 1.04 bits per heavy atom. The SMILES string of the molecule is COc1ccc(C(=O)O[C@@H](C)C(=O)Nc2cc(C)ccc2OC)cc1F. The summed E-state index contributed by atoms with van der Waals surface area (Å²) in [5, 5.41) is 2.65. The lowest BCUT2D eigenvalue weighted by molar-refractivity contribution is -0.123. The highest BCUT2D eigenvalue weighted by molar-refractivity contribution is 5.98. The van der Waals surface area contributed by atoms with Crippen molar-refractivity contribution in [1.29, 1.82) is 0 Å². The predicted molar refractivity (Wildman–Crippen MR) is 94.2 cm³/mol. The molecule has 0 heterocycles. The molecule has 0 saturated heterocycles. The first-order valence-electron chi connectivity index (χ1n) is 7.85. The molecule has 26 heavy (non-hydrogen) atoms. The second-order valence-corrected chi connectivity index (χ2v) is 5.59. The van der Waals surface area contributed by atoms with Crippen LogP contribution in [0.1, 0.15) is 22.8 Å². The van der Waals surface area contributed by atoms with Crippen molar-refractivity contribution in [3.8, 4) is 11.5 Å². The first kappa shape index (κ1) is 19.2. The zero-order valence-corrected chi connectivity index (χ0v) is 15.0. The van der Waals surface area contributed by atoms with Crippen LogP contribution < -0.4 is 14.8 Å². The number of methoxy groups -OCH3 is 2. The number of hydrogen-bond acceptors (Lipinski definition) is 5. The van der Waals surface area contributed by atoms with Gasteiger partial charge in [0.1, 0.15) is 5.75 Å². The van der Waals surface area contributed by atoms with E-state index >= 15 is 0 Å². The second kappa shape index (κ2) is 8.33. The Morgan fingerprint density at radius 3 is 2.31 bits per heavy atom. The molecule has 0 aliphatic rings. The highest BCUT2D eigenvalue weighted by Gasteiger charge is 2.21. The van der Waals surface area contributed by atoms with Gasteiger partial charge in [-0.05, 0) is 49.7 Å². The maximum atomic E-state index is 13.7. The number of carbonyl (C=O) groups excluding carboxylic acids is 2. The number of aryl methyl sites for hydroxylation is 1. The Hall–Kier alpha value is -3.09. The number of rotatable bonds is 6. The molecule has 2 rings (SSSR count). The van der Waals surface area contributed by atoms with Gasteiger partial charge in [0.15, 0.2) is 17.7 Å². The average molecular weight is 361 g/mol. The van der Waals surface area contributed by atoms with Crippen LogP contribution in [-0.2, 0) is 9.53 Å². The topological polar surface area (TPSA) is 73.9 Å². The van der Waals surface area contributed by atoms with Gasteiger partial charge in [0.2, 0.25) is 0 Å². The number of nitrogens with one attached hydrogen (secondary N) is 1.